The smallest absolute Gasteiger partial charge is 0.164 e. The van der Waals surface area contributed by atoms with Crippen molar-refractivity contribution in [3.63, 3.8) is 0 Å². The summed E-state index contributed by atoms with van der Waals surface area (Å²) in [7, 11) is 0. The zero-order chi connectivity index (χ0) is 37.0. The van der Waals surface area contributed by atoms with Crippen LogP contribution in [-0.4, -0.2) is 26.0 Å². The lowest BCUT2D eigenvalue weighted by molar-refractivity contribution is 0.766. The van der Waals surface area contributed by atoms with Gasteiger partial charge in [0.2, 0.25) is 0 Å². The van der Waals surface area contributed by atoms with Crippen LogP contribution in [0.5, 0.6) is 0 Å². The van der Waals surface area contributed by atoms with Crippen molar-refractivity contribution in [3.8, 4) is 34.2 Å². The summed E-state index contributed by atoms with van der Waals surface area (Å²) < 4.78 is 1.26. The van der Waals surface area contributed by atoms with Crippen molar-refractivity contribution in [3.05, 3.63) is 203 Å². The normalized spacial score (nSPS) is 18.0. The molecule has 0 saturated heterocycles. The second kappa shape index (κ2) is 13.7. The molecule has 266 valence electrons. The lowest BCUT2D eigenvalue weighted by Crippen LogP contribution is -2.32. The van der Waals surface area contributed by atoms with E-state index in [1.54, 1.807) is 0 Å². The summed E-state index contributed by atoms with van der Waals surface area (Å²) in [6.45, 7) is 0. The zero-order valence-electron chi connectivity index (χ0n) is 30.1. The Hall–Kier alpha value is -6.41. The first-order chi connectivity index (χ1) is 27.7. The van der Waals surface area contributed by atoms with E-state index < -0.39 is 0 Å². The average molecular weight is 756 g/mol. The molecule has 0 bridgehead atoms. The molecule has 0 spiro atoms. The Kier molecular flexibility index (Phi) is 8.07. The Labute approximate surface area is 333 Å². The minimum atomic E-state index is -0.0141. The van der Waals surface area contributed by atoms with Gasteiger partial charge in [-0.15, -0.1) is 23.1 Å². The standard InChI is InChI=1S/C49H33N5S2/c1-4-13-30(14-5-1)46-50-43(45-44(51-46)38-21-10-11-22-40(38)56-45)35-20-12-19-33(27-35)34-23-25-37-39-28-36(24-26-41(39)55-42(37)29-34)49-53-47(31-15-6-2-7-16-31)52-48(54-49)32-17-8-3-9-18-32/h1-29,37,42-43H,(H,50,51). The minimum absolute atomic E-state index is 0.0141. The molecular formula is C49H33N5S2. The summed E-state index contributed by atoms with van der Waals surface area (Å²) in [6, 6.07) is 55.1. The third kappa shape index (κ3) is 5.88. The Morgan fingerprint density at radius 1 is 0.554 bits per heavy atom. The van der Waals surface area contributed by atoms with Crippen LogP contribution in [0, 0.1) is 0 Å². The van der Waals surface area contributed by atoms with E-state index >= 15 is 0 Å². The van der Waals surface area contributed by atoms with Gasteiger partial charge in [-0.25, -0.2) is 19.9 Å². The number of nitrogens with zero attached hydrogens (tertiary/aromatic N) is 4. The van der Waals surface area contributed by atoms with E-state index in [2.05, 4.69) is 115 Å². The fraction of sp³-hybridized carbons (Fsp3) is 0.0612. The number of aliphatic imine (C=N–C) groups is 1. The van der Waals surface area contributed by atoms with Gasteiger partial charge >= 0.3 is 0 Å². The van der Waals surface area contributed by atoms with Crippen molar-refractivity contribution in [1.29, 1.82) is 0 Å². The maximum atomic E-state index is 5.19. The number of aromatic nitrogens is 3. The third-order valence-corrected chi connectivity index (χ3v) is 13.3. The quantitative estimate of drug-likeness (QED) is 0.183. The minimum Gasteiger partial charge on any atom is -0.358 e. The molecule has 0 amide bonds. The second-order valence-corrected chi connectivity index (χ2v) is 16.5. The highest BCUT2D eigenvalue weighted by Gasteiger charge is 2.34. The van der Waals surface area contributed by atoms with E-state index in [0.29, 0.717) is 22.7 Å². The van der Waals surface area contributed by atoms with Gasteiger partial charge in [0.05, 0.1) is 16.6 Å². The van der Waals surface area contributed by atoms with Gasteiger partial charge in [-0.1, -0.05) is 152 Å². The number of hydrogen-bond donors (Lipinski definition) is 1. The summed E-state index contributed by atoms with van der Waals surface area (Å²) in [5, 5.41) is 5.33. The molecule has 1 aliphatic carbocycles. The number of amidine groups is 1. The summed E-state index contributed by atoms with van der Waals surface area (Å²) in [6.07, 6.45) is 7.15. The van der Waals surface area contributed by atoms with Crippen molar-refractivity contribution in [2.24, 2.45) is 4.99 Å². The summed E-state index contributed by atoms with van der Waals surface area (Å²) in [5.74, 6) is 3.19. The monoisotopic (exact) mass is 755 g/mol. The first-order valence-electron chi connectivity index (χ1n) is 18.8. The van der Waals surface area contributed by atoms with Crippen molar-refractivity contribution in [2.75, 3.05) is 0 Å². The molecular weight excluding hydrogens is 723 g/mol. The molecule has 0 radical (unpaired) electrons. The highest BCUT2D eigenvalue weighted by atomic mass is 32.2. The van der Waals surface area contributed by atoms with Crippen LogP contribution in [0.15, 0.2) is 186 Å². The molecule has 4 heterocycles. The van der Waals surface area contributed by atoms with Crippen molar-refractivity contribution < 1.29 is 0 Å². The van der Waals surface area contributed by atoms with Crippen molar-refractivity contribution in [2.45, 2.75) is 22.1 Å². The molecule has 6 aromatic carbocycles. The average Bonchev–Trinajstić information content (AvgIpc) is 3.84. The molecule has 0 saturated carbocycles. The highest BCUT2D eigenvalue weighted by molar-refractivity contribution is 8.00. The fourth-order valence-corrected chi connectivity index (χ4v) is 10.6. The van der Waals surface area contributed by atoms with Gasteiger partial charge in [0, 0.05) is 48.4 Å². The fourth-order valence-electron chi connectivity index (χ4n) is 7.96. The first kappa shape index (κ1) is 33.0. The maximum Gasteiger partial charge on any atom is 0.164 e. The van der Waals surface area contributed by atoms with Crippen LogP contribution >= 0.6 is 23.1 Å². The van der Waals surface area contributed by atoms with E-state index in [1.165, 1.54) is 42.1 Å². The molecule has 11 rings (SSSR count). The lowest BCUT2D eigenvalue weighted by Gasteiger charge is -2.26. The van der Waals surface area contributed by atoms with Crippen LogP contribution in [0.3, 0.4) is 0 Å². The first-order valence-corrected chi connectivity index (χ1v) is 20.5. The summed E-state index contributed by atoms with van der Waals surface area (Å²) >= 11 is 3.77. The van der Waals surface area contributed by atoms with Crippen LogP contribution in [0.2, 0.25) is 0 Å². The van der Waals surface area contributed by atoms with Crippen LogP contribution in [-0.2, 0) is 0 Å². The lowest BCUT2D eigenvalue weighted by atomic mass is 9.87. The summed E-state index contributed by atoms with van der Waals surface area (Å²) in [5.41, 5.74) is 10.1. The summed E-state index contributed by atoms with van der Waals surface area (Å²) in [4.78, 5) is 22.6. The number of thioether (sulfide) groups is 1. The predicted octanol–water partition coefficient (Wildman–Crippen LogP) is 12.1. The third-order valence-electron chi connectivity index (χ3n) is 10.7. The van der Waals surface area contributed by atoms with Crippen LogP contribution < -0.4 is 5.32 Å². The second-order valence-electron chi connectivity index (χ2n) is 14.2. The van der Waals surface area contributed by atoms with E-state index in [-0.39, 0.29) is 12.0 Å². The van der Waals surface area contributed by atoms with Gasteiger partial charge in [0.25, 0.3) is 0 Å². The molecule has 3 aliphatic rings. The SMILES string of the molecule is C1=CC2c3cc(-c4nc(-c5ccccc5)nc(-c5ccccc5)n4)ccc3SC2C=C1c1cccc(C2NC(c3ccccc3)=Nc3c2sc2ccccc32)c1. The maximum absolute atomic E-state index is 5.19. The molecule has 5 nitrogen and oxygen atoms in total. The molecule has 2 aromatic heterocycles. The van der Waals surface area contributed by atoms with Gasteiger partial charge in [0.1, 0.15) is 5.84 Å². The Bertz CT molecular complexity index is 2820. The van der Waals surface area contributed by atoms with Gasteiger partial charge in [-0.3, -0.25) is 0 Å². The van der Waals surface area contributed by atoms with Gasteiger partial charge in [-0.2, -0.15) is 0 Å². The molecule has 1 N–H and O–H groups in total. The topological polar surface area (TPSA) is 63.1 Å². The largest absolute Gasteiger partial charge is 0.358 e. The van der Waals surface area contributed by atoms with Crippen LogP contribution in [0.1, 0.15) is 39.1 Å². The zero-order valence-corrected chi connectivity index (χ0v) is 31.7. The van der Waals surface area contributed by atoms with E-state index in [9.17, 15) is 0 Å². The Morgan fingerprint density at radius 3 is 1.93 bits per heavy atom. The van der Waals surface area contributed by atoms with Gasteiger partial charge in [0.15, 0.2) is 17.5 Å². The number of allylic oxidation sites excluding steroid dienone is 3. The number of rotatable bonds is 6. The molecule has 56 heavy (non-hydrogen) atoms. The van der Waals surface area contributed by atoms with Crippen molar-refractivity contribution in [1.82, 2.24) is 20.3 Å². The van der Waals surface area contributed by atoms with Gasteiger partial charge < -0.3 is 5.32 Å². The van der Waals surface area contributed by atoms with E-state index in [1.807, 2.05) is 89.8 Å². The van der Waals surface area contributed by atoms with Gasteiger partial charge in [-0.05, 0) is 46.5 Å². The molecule has 0 fully saturated rings. The van der Waals surface area contributed by atoms with Crippen LogP contribution in [0.25, 0.3) is 49.8 Å². The number of benzene rings is 6. The Balaban J connectivity index is 0.911. The van der Waals surface area contributed by atoms with Crippen LogP contribution in [0.4, 0.5) is 5.69 Å². The molecule has 2 aliphatic heterocycles. The number of hydrogen-bond acceptors (Lipinski definition) is 7. The number of thiophene rings is 1. The highest BCUT2D eigenvalue weighted by Crippen LogP contribution is 2.51. The van der Waals surface area contributed by atoms with Crippen molar-refractivity contribution >= 4 is 50.3 Å². The number of fused-ring (bicyclic) bond motifs is 6. The van der Waals surface area contributed by atoms with E-state index in [0.717, 1.165) is 33.8 Å². The predicted molar refractivity (Wildman–Crippen MR) is 232 cm³/mol. The molecule has 3 unspecified atom stereocenters. The molecule has 7 heteroatoms. The molecule has 3 atom stereocenters. The Morgan fingerprint density at radius 2 is 1.20 bits per heavy atom. The number of nitrogens with one attached hydrogen (secondary N) is 1. The molecule has 8 aromatic rings. The van der Waals surface area contributed by atoms with E-state index in [4.69, 9.17) is 19.9 Å².